The van der Waals surface area contributed by atoms with Crippen molar-refractivity contribution in [1.82, 2.24) is 5.32 Å². The molecule has 5 heteroatoms. The third-order valence-electron chi connectivity index (χ3n) is 7.64. The molecule has 2 N–H and O–H groups in total. The molecule has 4 aromatic carbocycles. The monoisotopic (exact) mass is 513 g/mol. The number of halogens is 1. The van der Waals surface area contributed by atoms with Gasteiger partial charge in [-0.25, -0.2) is 4.79 Å². The summed E-state index contributed by atoms with van der Waals surface area (Å²) in [6, 6.07) is 29.3. The van der Waals surface area contributed by atoms with Crippen LogP contribution in [0.15, 0.2) is 84.9 Å². The highest BCUT2D eigenvalue weighted by atomic mass is 35.5. The highest BCUT2D eigenvalue weighted by Crippen LogP contribution is 2.44. The number of aromatic carboxylic acids is 1. The topological polar surface area (TPSA) is 58.6 Å². The van der Waals surface area contributed by atoms with Crippen LogP contribution in [0.2, 0.25) is 0 Å². The van der Waals surface area contributed by atoms with Gasteiger partial charge in [-0.2, -0.15) is 0 Å². The quantitative estimate of drug-likeness (QED) is 0.250. The van der Waals surface area contributed by atoms with Crippen molar-refractivity contribution in [2.45, 2.75) is 43.6 Å². The Balaban J connectivity index is 0.00000280. The van der Waals surface area contributed by atoms with E-state index in [-0.39, 0.29) is 24.4 Å². The van der Waals surface area contributed by atoms with E-state index >= 15 is 0 Å². The molecule has 0 radical (unpaired) electrons. The Labute approximate surface area is 224 Å². The minimum Gasteiger partial charge on any atom is -0.489 e. The van der Waals surface area contributed by atoms with E-state index in [4.69, 9.17) is 4.74 Å². The molecule has 1 fully saturated rings. The molecule has 1 saturated carbocycles. The summed E-state index contributed by atoms with van der Waals surface area (Å²) < 4.78 is 6.38. The largest absolute Gasteiger partial charge is 0.489 e. The third-order valence-corrected chi connectivity index (χ3v) is 7.64. The van der Waals surface area contributed by atoms with Crippen LogP contribution < -0.4 is 10.1 Å². The fourth-order valence-electron chi connectivity index (χ4n) is 5.66. The molecule has 2 atom stereocenters. The first-order valence-corrected chi connectivity index (χ1v) is 13.0. The van der Waals surface area contributed by atoms with Gasteiger partial charge in [0.25, 0.3) is 0 Å². The molecule has 0 bridgehead atoms. The second kappa shape index (κ2) is 11.0. The number of carbonyl (C=O) groups is 1. The fraction of sp³-hybridized carbons (Fsp3) is 0.281. The van der Waals surface area contributed by atoms with E-state index in [2.05, 4.69) is 59.9 Å². The predicted molar refractivity (Wildman–Crippen MR) is 150 cm³/mol. The van der Waals surface area contributed by atoms with Crippen LogP contribution in [-0.4, -0.2) is 30.3 Å². The maximum absolute atomic E-state index is 12.0. The zero-order valence-corrected chi connectivity index (χ0v) is 21.5. The number of carboxylic acid groups (broad SMARTS) is 1. The van der Waals surface area contributed by atoms with Crippen LogP contribution in [0.3, 0.4) is 0 Å². The Morgan fingerprint density at radius 2 is 1.70 bits per heavy atom. The summed E-state index contributed by atoms with van der Waals surface area (Å²) in [4.78, 5) is 12.0. The van der Waals surface area contributed by atoms with Crippen molar-refractivity contribution >= 4 is 29.1 Å². The summed E-state index contributed by atoms with van der Waals surface area (Å²) in [5.74, 6) is 0.598. The van der Waals surface area contributed by atoms with Crippen LogP contribution in [-0.2, 0) is 6.42 Å². The Hall–Kier alpha value is -3.34. The molecular weight excluding hydrogens is 482 g/mol. The summed E-state index contributed by atoms with van der Waals surface area (Å²) >= 11 is 0. The van der Waals surface area contributed by atoms with Gasteiger partial charge in [-0.3, -0.25) is 0 Å². The fourth-order valence-corrected chi connectivity index (χ4v) is 5.66. The van der Waals surface area contributed by atoms with E-state index in [1.165, 1.54) is 16.3 Å². The predicted octanol–water partition coefficient (Wildman–Crippen LogP) is 6.95. The maximum atomic E-state index is 12.0. The van der Waals surface area contributed by atoms with E-state index in [0.29, 0.717) is 11.5 Å². The Bertz CT molecular complexity index is 1410. The van der Waals surface area contributed by atoms with Crippen molar-refractivity contribution in [2.75, 3.05) is 13.1 Å². The van der Waals surface area contributed by atoms with E-state index in [0.717, 1.165) is 61.2 Å². The van der Waals surface area contributed by atoms with Crippen LogP contribution in [0.5, 0.6) is 5.75 Å². The van der Waals surface area contributed by atoms with E-state index in [1.54, 1.807) is 0 Å². The molecule has 1 aliphatic heterocycles. The van der Waals surface area contributed by atoms with Gasteiger partial charge in [-0.05, 0) is 77.7 Å². The Morgan fingerprint density at radius 3 is 2.54 bits per heavy atom. The second-order valence-electron chi connectivity index (χ2n) is 10.1. The maximum Gasteiger partial charge on any atom is 0.335 e. The molecular formula is C32H32ClNO3. The SMILES string of the molecule is Cl.O=C(O)c1cc(C2CC(CNCCc3cccc4ccccc34)Oc3ccccc32)ccc1C1CC1. The molecule has 4 nitrogen and oxygen atoms in total. The summed E-state index contributed by atoms with van der Waals surface area (Å²) in [5.41, 5.74) is 5.00. The number of rotatable bonds is 8. The van der Waals surface area contributed by atoms with Gasteiger partial charge in [0.05, 0.1) is 5.56 Å². The lowest BCUT2D eigenvalue weighted by Gasteiger charge is -2.33. The number of carboxylic acids is 1. The molecule has 0 saturated heterocycles. The average molecular weight is 514 g/mol. The van der Waals surface area contributed by atoms with Crippen LogP contribution in [0.4, 0.5) is 0 Å². The number of ether oxygens (including phenoxy) is 1. The molecule has 6 rings (SSSR count). The molecule has 0 spiro atoms. The van der Waals surface area contributed by atoms with Crippen LogP contribution >= 0.6 is 12.4 Å². The molecule has 190 valence electrons. The van der Waals surface area contributed by atoms with E-state index < -0.39 is 5.97 Å². The lowest BCUT2D eigenvalue weighted by atomic mass is 9.82. The van der Waals surface area contributed by atoms with Crippen molar-refractivity contribution in [3.63, 3.8) is 0 Å². The van der Waals surface area contributed by atoms with Gasteiger partial charge in [-0.15, -0.1) is 12.4 Å². The minimum absolute atomic E-state index is 0. The van der Waals surface area contributed by atoms with Gasteiger partial charge in [0.1, 0.15) is 11.9 Å². The van der Waals surface area contributed by atoms with Crippen LogP contribution in [0, 0.1) is 0 Å². The molecule has 2 aliphatic rings. The molecule has 37 heavy (non-hydrogen) atoms. The Kier molecular flexibility index (Phi) is 7.50. The molecule has 1 aliphatic carbocycles. The van der Waals surface area contributed by atoms with Gasteiger partial charge in [0.15, 0.2) is 0 Å². The zero-order chi connectivity index (χ0) is 24.5. The molecule has 0 aromatic heterocycles. The lowest BCUT2D eigenvalue weighted by Crippen LogP contribution is -2.36. The highest BCUT2D eigenvalue weighted by molar-refractivity contribution is 5.90. The van der Waals surface area contributed by atoms with E-state index in [9.17, 15) is 9.90 Å². The first-order chi connectivity index (χ1) is 17.7. The van der Waals surface area contributed by atoms with Gasteiger partial charge in [0, 0.05) is 18.0 Å². The summed E-state index contributed by atoms with van der Waals surface area (Å²) in [6.45, 7) is 1.63. The van der Waals surface area contributed by atoms with Gasteiger partial charge < -0.3 is 15.2 Å². The standard InChI is InChI=1S/C32H31NO3.ClH/c34-32(35)30-18-24(14-15-27(30)23-12-13-23)29-19-25(36-31-11-4-3-10-28(29)31)20-33-17-16-22-8-5-7-21-6-1-2-9-26(21)22;/h1-11,14-15,18,23,25,29,33H,12-13,16-17,19-20H2,(H,34,35);1H. The molecule has 2 unspecified atom stereocenters. The third kappa shape index (κ3) is 5.36. The normalized spacial score (nSPS) is 18.5. The number of nitrogens with one attached hydrogen (secondary N) is 1. The second-order valence-corrected chi connectivity index (χ2v) is 10.1. The van der Waals surface area contributed by atoms with Crippen LogP contribution in [0.25, 0.3) is 10.8 Å². The smallest absolute Gasteiger partial charge is 0.335 e. The summed E-state index contributed by atoms with van der Waals surface area (Å²) in [7, 11) is 0. The van der Waals surface area contributed by atoms with Crippen molar-refractivity contribution in [3.8, 4) is 5.75 Å². The number of hydrogen-bond acceptors (Lipinski definition) is 3. The van der Waals surface area contributed by atoms with Crippen molar-refractivity contribution in [1.29, 1.82) is 0 Å². The first kappa shape index (κ1) is 25.3. The average Bonchev–Trinajstić information content (AvgIpc) is 3.76. The van der Waals surface area contributed by atoms with Gasteiger partial charge in [-0.1, -0.05) is 72.8 Å². The van der Waals surface area contributed by atoms with Gasteiger partial charge in [0.2, 0.25) is 0 Å². The van der Waals surface area contributed by atoms with Crippen molar-refractivity contribution in [2.24, 2.45) is 0 Å². The highest BCUT2D eigenvalue weighted by Gasteiger charge is 2.32. The summed E-state index contributed by atoms with van der Waals surface area (Å²) in [5, 5.41) is 16.1. The minimum atomic E-state index is -0.828. The van der Waals surface area contributed by atoms with Crippen molar-refractivity contribution in [3.05, 3.63) is 113 Å². The number of hydrogen-bond donors (Lipinski definition) is 2. The number of fused-ring (bicyclic) bond motifs is 2. The van der Waals surface area contributed by atoms with Gasteiger partial charge >= 0.3 is 5.97 Å². The number of para-hydroxylation sites is 1. The molecule has 0 amide bonds. The van der Waals surface area contributed by atoms with Crippen LogP contribution in [0.1, 0.15) is 63.7 Å². The van der Waals surface area contributed by atoms with E-state index in [1.807, 2.05) is 30.3 Å². The molecule has 4 aromatic rings. The Morgan fingerprint density at radius 1 is 0.919 bits per heavy atom. The first-order valence-electron chi connectivity index (χ1n) is 13.0. The zero-order valence-electron chi connectivity index (χ0n) is 20.7. The number of benzene rings is 4. The summed E-state index contributed by atoms with van der Waals surface area (Å²) in [6.07, 6.45) is 3.98. The van der Waals surface area contributed by atoms with Crippen molar-refractivity contribution < 1.29 is 14.6 Å². The lowest BCUT2D eigenvalue weighted by molar-refractivity contribution is 0.0695. The molecule has 1 heterocycles.